The lowest BCUT2D eigenvalue weighted by atomic mass is 9.95. The van der Waals surface area contributed by atoms with E-state index in [1.807, 2.05) is 69.3 Å². The van der Waals surface area contributed by atoms with Crippen molar-refractivity contribution in [2.75, 3.05) is 0 Å². The van der Waals surface area contributed by atoms with Crippen molar-refractivity contribution in [1.29, 1.82) is 0 Å². The van der Waals surface area contributed by atoms with E-state index in [4.69, 9.17) is 44.9 Å². The average Bonchev–Trinajstić information content (AvgIpc) is 3.24. The van der Waals surface area contributed by atoms with E-state index < -0.39 is 22.7 Å². The molecule has 6 heteroatoms. The first kappa shape index (κ1) is 23.5. The van der Waals surface area contributed by atoms with Gasteiger partial charge in [0.1, 0.15) is 18.1 Å². The van der Waals surface area contributed by atoms with Crippen molar-refractivity contribution < 1.29 is 14.3 Å². The molecule has 0 spiro atoms. The van der Waals surface area contributed by atoms with Crippen LogP contribution in [0, 0.1) is 16.7 Å². The maximum Gasteiger partial charge on any atom is 0.311 e. The third kappa shape index (κ3) is 4.05. The molecule has 1 aliphatic rings. The number of carbonyl (C=O) groups excluding carboxylic acids is 1. The van der Waals surface area contributed by atoms with Gasteiger partial charge in [0.05, 0.1) is 11.3 Å². The third-order valence-electron chi connectivity index (χ3n) is 5.98. The number of hydrogen-bond donors (Lipinski definition) is 0. The lowest BCUT2D eigenvalue weighted by molar-refractivity contribution is -0.147. The van der Waals surface area contributed by atoms with E-state index in [1.54, 1.807) is 0 Å². The summed E-state index contributed by atoms with van der Waals surface area (Å²) in [4.78, 5) is 13.6. The lowest BCUT2D eigenvalue weighted by Crippen LogP contribution is -2.15. The zero-order chi connectivity index (χ0) is 23.0. The molecule has 2 aromatic carbocycles. The Morgan fingerprint density at radius 3 is 2.19 bits per heavy atom. The molecule has 31 heavy (non-hydrogen) atoms. The Labute approximate surface area is 198 Å². The number of para-hydroxylation sites is 1. The van der Waals surface area contributed by atoms with Crippen LogP contribution in [0.2, 0.25) is 0 Å². The molecule has 0 aromatic heterocycles. The normalized spacial score (nSPS) is 18.0. The number of allylic oxidation sites excluding steroid dienone is 2. The Morgan fingerprint density at radius 1 is 1.06 bits per heavy atom. The second-order valence-electron chi connectivity index (χ2n) is 8.14. The van der Waals surface area contributed by atoms with Crippen LogP contribution in [0.4, 0.5) is 0 Å². The van der Waals surface area contributed by atoms with Gasteiger partial charge in [0.2, 0.25) is 0 Å². The van der Waals surface area contributed by atoms with Crippen molar-refractivity contribution in [3.63, 3.8) is 0 Å². The van der Waals surface area contributed by atoms with Gasteiger partial charge in [-0.3, -0.25) is 4.79 Å². The van der Waals surface area contributed by atoms with Gasteiger partial charge in [-0.15, -0.1) is 0 Å². The molecule has 1 fully saturated rings. The standard InChI is InChI=1S/C25H24Cl2O3S/c1-15(31)21-18(10-9-13-20(21)30-19-11-7-6-8-12-19)14-29-23(28)22-24(4,5)25(22,16(2)26)17(3)27/h6-13,22H,2-3,14H2,1,4-5H3. The van der Waals surface area contributed by atoms with Gasteiger partial charge >= 0.3 is 5.97 Å². The van der Waals surface area contributed by atoms with Gasteiger partial charge in [-0.05, 0) is 30.5 Å². The number of carbonyl (C=O) groups is 1. The highest BCUT2D eigenvalue weighted by Crippen LogP contribution is 2.77. The van der Waals surface area contributed by atoms with Crippen LogP contribution in [0.5, 0.6) is 11.5 Å². The van der Waals surface area contributed by atoms with Crippen LogP contribution in [0.3, 0.4) is 0 Å². The van der Waals surface area contributed by atoms with E-state index in [0.717, 1.165) is 11.1 Å². The topological polar surface area (TPSA) is 35.5 Å². The van der Waals surface area contributed by atoms with Crippen LogP contribution >= 0.6 is 35.4 Å². The van der Waals surface area contributed by atoms with Gasteiger partial charge in [0, 0.05) is 26.1 Å². The molecule has 0 aliphatic heterocycles. The predicted octanol–water partition coefficient (Wildman–Crippen LogP) is 7.41. The molecule has 0 radical (unpaired) electrons. The molecule has 162 valence electrons. The van der Waals surface area contributed by atoms with Gasteiger partial charge in [0.15, 0.2) is 0 Å². The summed E-state index contributed by atoms with van der Waals surface area (Å²) in [6.45, 7) is 13.3. The van der Waals surface area contributed by atoms with E-state index in [-0.39, 0.29) is 16.7 Å². The van der Waals surface area contributed by atoms with Crippen molar-refractivity contribution in [2.45, 2.75) is 27.4 Å². The summed E-state index contributed by atoms with van der Waals surface area (Å²) in [5.74, 6) is 0.336. The molecule has 0 N–H and O–H groups in total. The summed E-state index contributed by atoms with van der Waals surface area (Å²) >= 11 is 18.0. The van der Waals surface area contributed by atoms with Crippen molar-refractivity contribution in [2.24, 2.45) is 16.7 Å². The van der Waals surface area contributed by atoms with Crippen molar-refractivity contribution in [3.05, 3.63) is 82.9 Å². The molecule has 0 heterocycles. The fourth-order valence-electron chi connectivity index (χ4n) is 4.42. The molecule has 0 saturated heterocycles. The van der Waals surface area contributed by atoms with Crippen molar-refractivity contribution >= 4 is 46.3 Å². The first-order chi connectivity index (χ1) is 14.5. The Bertz CT molecular complexity index is 1050. The Hall–Kier alpha value is -2.14. The fraction of sp³-hybridized carbons (Fsp3) is 0.280. The minimum atomic E-state index is -0.894. The van der Waals surface area contributed by atoms with Gasteiger partial charge in [-0.2, -0.15) is 0 Å². The maximum atomic E-state index is 13.0. The molecule has 2 aromatic rings. The van der Waals surface area contributed by atoms with E-state index >= 15 is 0 Å². The van der Waals surface area contributed by atoms with Crippen LogP contribution in [-0.2, 0) is 16.1 Å². The molecule has 1 saturated carbocycles. The monoisotopic (exact) mass is 474 g/mol. The molecule has 0 bridgehead atoms. The fourth-order valence-corrected chi connectivity index (χ4v) is 5.64. The summed E-state index contributed by atoms with van der Waals surface area (Å²) in [5.41, 5.74) is 0.0591. The lowest BCUT2D eigenvalue weighted by Gasteiger charge is -2.17. The predicted molar refractivity (Wildman–Crippen MR) is 130 cm³/mol. The summed E-state index contributed by atoms with van der Waals surface area (Å²) in [6, 6.07) is 15.0. The SMILES string of the molecule is C=C(Cl)C1(C(=C)Cl)C(C(=O)OCc2cccc(Oc3ccccc3)c2C(C)=S)C1(C)C. The molecule has 1 atom stereocenters. The van der Waals surface area contributed by atoms with Gasteiger partial charge in [0.25, 0.3) is 0 Å². The third-order valence-corrected chi connectivity index (χ3v) is 6.79. The molecular formula is C25H24Cl2O3S. The molecule has 1 aliphatic carbocycles. The minimum absolute atomic E-state index is 0.0420. The number of benzene rings is 2. The van der Waals surface area contributed by atoms with Crippen LogP contribution < -0.4 is 4.74 Å². The van der Waals surface area contributed by atoms with Crippen LogP contribution in [0.25, 0.3) is 0 Å². The highest BCUT2D eigenvalue weighted by Gasteiger charge is 2.77. The highest BCUT2D eigenvalue weighted by atomic mass is 35.5. The van der Waals surface area contributed by atoms with E-state index in [2.05, 4.69) is 13.2 Å². The number of hydrogen-bond acceptors (Lipinski definition) is 4. The zero-order valence-electron chi connectivity index (χ0n) is 17.7. The Balaban J connectivity index is 1.83. The highest BCUT2D eigenvalue weighted by molar-refractivity contribution is 7.80. The molecule has 3 nitrogen and oxygen atoms in total. The number of rotatable bonds is 8. The average molecular weight is 475 g/mol. The summed E-state index contributed by atoms with van der Waals surface area (Å²) in [7, 11) is 0. The summed E-state index contributed by atoms with van der Waals surface area (Å²) in [5, 5.41) is 0.571. The van der Waals surface area contributed by atoms with Crippen LogP contribution in [0.1, 0.15) is 31.9 Å². The van der Waals surface area contributed by atoms with Gasteiger partial charge in [-0.25, -0.2) is 0 Å². The summed E-state index contributed by atoms with van der Waals surface area (Å²) in [6.07, 6.45) is 0. The smallest absolute Gasteiger partial charge is 0.311 e. The van der Waals surface area contributed by atoms with Crippen molar-refractivity contribution in [1.82, 2.24) is 0 Å². The molecule has 0 amide bonds. The van der Waals surface area contributed by atoms with Crippen molar-refractivity contribution in [3.8, 4) is 11.5 Å². The number of halogens is 2. The first-order valence-corrected chi connectivity index (χ1v) is 10.9. The quantitative estimate of drug-likeness (QED) is 0.226. The molecular weight excluding hydrogens is 451 g/mol. The molecule has 1 unspecified atom stereocenters. The minimum Gasteiger partial charge on any atom is -0.461 e. The second kappa shape index (κ2) is 8.78. The Kier molecular flexibility index (Phi) is 6.66. The number of ether oxygens (including phenoxy) is 2. The second-order valence-corrected chi connectivity index (χ2v) is 9.67. The van der Waals surface area contributed by atoms with E-state index in [9.17, 15) is 4.79 Å². The summed E-state index contributed by atoms with van der Waals surface area (Å²) < 4.78 is 11.7. The van der Waals surface area contributed by atoms with Crippen LogP contribution in [-0.4, -0.2) is 10.8 Å². The van der Waals surface area contributed by atoms with Crippen LogP contribution in [0.15, 0.2) is 71.8 Å². The maximum absolute atomic E-state index is 13.0. The number of thiocarbonyl (C=S) groups is 1. The molecule has 3 rings (SSSR count). The zero-order valence-corrected chi connectivity index (χ0v) is 20.0. The van der Waals surface area contributed by atoms with E-state index in [1.165, 1.54) is 0 Å². The number of esters is 1. The Morgan fingerprint density at radius 2 is 1.68 bits per heavy atom. The van der Waals surface area contributed by atoms with Gasteiger partial charge < -0.3 is 9.47 Å². The largest absolute Gasteiger partial charge is 0.461 e. The van der Waals surface area contributed by atoms with E-state index in [0.29, 0.717) is 16.4 Å². The van der Waals surface area contributed by atoms with Gasteiger partial charge in [-0.1, -0.05) is 92.8 Å². The first-order valence-electron chi connectivity index (χ1n) is 9.77.